The number of amides is 2. The monoisotopic (exact) mass is 713 g/mol. The van der Waals surface area contributed by atoms with Crippen LogP contribution in [0.4, 0.5) is 21.9 Å². The SMILES string of the molecule is Cc1ccc(S(=O)(=O)NC(=O)N(c2cc(N(C)C3CCCCC3)ccc2C)c2cccc3c2C2(OC(=O)c4ccccc42)c2ccccc2O3)cc1. The van der Waals surface area contributed by atoms with Gasteiger partial charge in [-0.2, -0.15) is 0 Å². The van der Waals surface area contributed by atoms with Crippen molar-refractivity contribution in [3.05, 3.63) is 143 Å². The molecule has 2 amide bonds. The van der Waals surface area contributed by atoms with Crippen molar-refractivity contribution in [1.29, 1.82) is 0 Å². The number of rotatable bonds is 6. The molecule has 1 atom stereocenters. The summed E-state index contributed by atoms with van der Waals surface area (Å²) in [5.74, 6) is 0.355. The third kappa shape index (κ3) is 5.49. The molecule has 1 N–H and O–H groups in total. The van der Waals surface area contributed by atoms with Crippen molar-refractivity contribution in [1.82, 2.24) is 4.72 Å². The van der Waals surface area contributed by atoms with Crippen molar-refractivity contribution in [2.24, 2.45) is 0 Å². The van der Waals surface area contributed by atoms with E-state index < -0.39 is 27.6 Å². The second-order valence-electron chi connectivity index (χ2n) is 13.8. The molecule has 1 saturated carbocycles. The smallest absolute Gasteiger partial charge is 0.340 e. The fraction of sp³-hybridized carbons (Fsp3) is 0.238. The van der Waals surface area contributed by atoms with Crippen LogP contribution in [0.2, 0.25) is 0 Å². The Bertz CT molecular complexity index is 2330. The molecule has 264 valence electrons. The number of urea groups is 1. The van der Waals surface area contributed by atoms with Crippen LogP contribution in [-0.4, -0.2) is 33.5 Å². The molecule has 1 fully saturated rings. The lowest BCUT2D eigenvalue weighted by Gasteiger charge is -2.40. The maximum Gasteiger partial charge on any atom is 0.340 e. The van der Waals surface area contributed by atoms with Crippen LogP contribution in [0.1, 0.15) is 70.3 Å². The molecule has 10 heteroatoms. The van der Waals surface area contributed by atoms with Gasteiger partial charge in [-0.05, 0) is 80.8 Å². The maximum absolute atomic E-state index is 14.9. The molecule has 0 bridgehead atoms. The number of nitrogens with zero attached hydrogens (tertiary/aromatic N) is 2. The topological polar surface area (TPSA) is 105 Å². The van der Waals surface area contributed by atoms with Crippen LogP contribution in [0.15, 0.2) is 114 Å². The minimum atomic E-state index is -4.32. The molecule has 1 unspecified atom stereocenters. The number of aryl methyl sites for hydroxylation is 2. The van der Waals surface area contributed by atoms with Crippen LogP contribution in [0, 0.1) is 13.8 Å². The zero-order chi connectivity index (χ0) is 36.2. The zero-order valence-corrected chi connectivity index (χ0v) is 30.1. The summed E-state index contributed by atoms with van der Waals surface area (Å²) < 4.78 is 43.0. The Labute approximate surface area is 303 Å². The predicted octanol–water partition coefficient (Wildman–Crippen LogP) is 8.88. The van der Waals surface area contributed by atoms with Gasteiger partial charge in [0, 0.05) is 29.9 Å². The van der Waals surface area contributed by atoms with E-state index >= 15 is 0 Å². The van der Waals surface area contributed by atoms with Crippen molar-refractivity contribution in [2.75, 3.05) is 16.8 Å². The quantitative estimate of drug-likeness (QED) is 0.175. The number of carbonyl (C=O) groups is 2. The molecule has 2 aliphatic heterocycles. The van der Waals surface area contributed by atoms with E-state index in [0.717, 1.165) is 42.5 Å². The van der Waals surface area contributed by atoms with Gasteiger partial charge in [0.1, 0.15) is 11.5 Å². The Balaban J connectivity index is 1.35. The Morgan fingerprint density at radius 3 is 2.25 bits per heavy atom. The first-order chi connectivity index (χ1) is 25.1. The lowest BCUT2D eigenvalue weighted by atomic mass is 9.76. The fourth-order valence-electron chi connectivity index (χ4n) is 7.87. The molecule has 5 aromatic rings. The van der Waals surface area contributed by atoms with E-state index in [0.29, 0.717) is 51.2 Å². The highest BCUT2D eigenvalue weighted by Crippen LogP contribution is 2.59. The van der Waals surface area contributed by atoms with Gasteiger partial charge in [0.05, 0.1) is 27.4 Å². The number of ether oxygens (including phenoxy) is 2. The number of hydrogen-bond acceptors (Lipinski definition) is 7. The largest absolute Gasteiger partial charge is 0.456 e. The minimum Gasteiger partial charge on any atom is -0.456 e. The van der Waals surface area contributed by atoms with Crippen molar-refractivity contribution in [2.45, 2.75) is 62.5 Å². The van der Waals surface area contributed by atoms with Crippen LogP contribution in [0.5, 0.6) is 11.5 Å². The van der Waals surface area contributed by atoms with E-state index in [1.807, 2.05) is 68.4 Å². The molecule has 9 nitrogen and oxygen atoms in total. The van der Waals surface area contributed by atoms with Crippen LogP contribution in [0.25, 0.3) is 0 Å². The standard InChI is InChI=1S/C42H39N3O6S/c1-27-20-24-31(25-21-27)52(48,49)43-41(47)45(36-26-30(23-22-28(36)2)44(3)29-12-5-4-6-13-29)35-17-11-19-38-39(35)42(34-16-9-10-18-37(34)50-38)33-15-8-7-14-32(33)40(46)51-42/h7-11,14-26,29H,4-6,12-13H2,1-3H3,(H,43,47). The number of anilines is 3. The molecule has 1 spiro atoms. The number of sulfonamides is 1. The molecular formula is C42H39N3O6S. The van der Waals surface area contributed by atoms with E-state index in [9.17, 15) is 18.0 Å². The van der Waals surface area contributed by atoms with Gasteiger partial charge in [-0.1, -0.05) is 85.5 Å². The summed E-state index contributed by atoms with van der Waals surface area (Å²) in [6.45, 7) is 3.75. The van der Waals surface area contributed by atoms with Crippen molar-refractivity contribution >= 4 is 39.1 Å². The predicted molar refractivity (Wildman–Crippen MR) is 200 cm³/mol. The summed E-state index contributed by atoms with van der Waals surface area (Å²) in [4.78, 5) is 32.1. The zero-order valence-electron chi connectivity index (χ0n) is 29.3. The average molecular weight is 714 g/mol. The van der Waals surface area contributed by atoms with E-state index in [4.69, 9.17) is 9.47 Å². The Morgan fingerprint density at radius 2 is 1.48 bits per heavy atom. The summed E-state index contributed by atoms with van der Waals surface area (Å²) in [6, 6.07) is 31.5. The van der Waals surface area contributed by atoms with Gasteiger partial charge in [0.15, 0.2) is 5.60 Å². The normalized spacial score (nSPS) is 17.7. The first-order valence-electron chi connectivity index (χ1n) is 17.6. The van der Waals surface area contributed by atoms with Crippen LogP contribution in [-0.2, 0) is 20.4 Å². The number of nitrogens with one attached hydrogen (secondary N) is 1. The Morgan fingerprint density at radius 1 is 0.788 bits per heavy atom. The maximum atomic E-state index is 14.9. The molecular weight excluding hydrogens is 675 g/mol. The van der Waals surface area contributed by atoms with Crippen molar-refractivity contribution in [3.8, 4) is 11.5 Å². The third-order valence-electron chi connectivity index (χ3n) is 10.6. The number of esters is 1. The molecule has 3 aliphatic rings. The highest BCUT2D eigenvalue weighted by Gasteiger charge is 2.55. The van der Waals surface area contributed by atoms with Gasteiger partial charge in [0.25, 0.3) is 10.0 Å². The third-order valence-corrected chi connectivity index (χ3v) is 11.9. The molecule has 2 heterocycles. The molecule has 0 aromatic heterocycles. The Hall–Kier alpha value is -5.61. The molecule has 52 heavy (non-hydrogen) atoms. The van der Waals surface area contributed by atoms with Gasteiger partial charge in [-0.3, -0.25) is 4.90 Å². The molecule has 5 aromatic carbocycles. The lowest BCUT2D eigenvalue weighted by Crippen LogP contribution is -2.43. The van der Waals surface area contributed by atoms with Gasteiger partial charge in [0.2, 0.25) is 0 Å². The van der Waals surface area contributed by atoms with E-state index in [1.54, 1.807) is 42.5 Å². The molecule has 8 rings (SSSR count). The molecule has 0 radical (unpaired) electrons. The summed E-state index contributed by atoms with van der Waals surface area (Å²) in [5.41, 5.74) is 3.75. The molecule has 0 saturated heterocycles. The highest BCUT2D eigenvalue weighted by atomic mass is 32.2. The van der Waals surface area contributed by atoms with Crippen molar-refractivity contribution < 1.29 is 27.5 Å². The van der Waals surface area contributed by atoms with Crippen molar-refractivity contribution in [3.63, 3.8) is 0 Å². The van der Waals surface area contributed by atoms with E-state index in [2.05, 4.69) is 16.7 Å². The first kappa shape index (κ1) is 33.5. The summed E-state index contributed by atoms with van der Waals surface area (Å²) in [5, 5.41) is 0. The van der Waals surface area contributed by atoms with E-state index in [-0.39, 0.29) is 4.90 Å². The number of fused-ring (bicyclic) bond motifs is 6. The summed E-state index contributed by atoms with van der Waals surface area (Å²) in [7, 11) is -2.25. The number of hydrogen-bond donors (Lipinski definition) is 1. The second-order valence-corrected chi connectivity index (χ2v) is 15.5. The lowest BCUT2D eigenvalue weighted by molar-refractivity contribution is 0.0226. The average Bonchev–Trinajstić information content (AvgIpc) is 3.44. The van der Waals surface area contributed by atoms with E-state index in [1.165, 1.54) is 23.5 Å². The molecule has 1 aliphatic carbocycles. The van der Waals surface area contributed by atoms with Crippen LogP contribution >= 0.6 is 0 Å². The fourth-order valence-corrected chi connectivity index (χ4v) is 8.80. The Kier molecular flexibility index (Phi) is 8.29. The number of benzene rings is 5. The second kappa shape index (κ2) is 12.9. The van der Waals surface area contributed by atoms with Gasteiger partial charge in [-0.15, -0.1) is 0 Å². The van der Waals surface area contributed by atoms with Gasteiger partial charge >= 0.3 is 12.0 Å². The summed E-state index contributed by atoms with van der Waals surface area (Å²) in [6.07, 6.45) is 5.65. The van der Waals surface area contributed by atoms with Crippen LogP contribution < -0.4 is 19.3 Å². The highest BCUT2D eigenvalue weighted by molar-refractivity contribution is 7.90. The van der Waals surface area contributed by atoms with Gasteiger partial charge in [-0.25, -0.2) is 22.7 Å². The van der Waals surface area contributed by atoms with Crippen LogP contribution in [0.3, 0.4) is 0 Å². The minimum absolute atomic E-state index is 0.0450. The summed E-state index contributed by atoms with van der Waals surface area (Å²) >= 11 is 0. The number of para-hydroxylation sites is 1. The first-order valence-corrected chi connectivity index (χ1v) is 19.1. The van der Waals surface area contributed by atoms with Gasteiger partial charge < -0.3 is 14.4 Å². The number of carbonyl (C=O) groups excluding carboxylic acids is 2.